The largest absolute Gasteiger partial charge is 0.460 e. The van der Waals surface area contributed by atoms with Crippen molar-refractivity contribution in [2.24, 2.45) is 0 Å². The highest BCUT2D eigenvalue weighted by molar-refractivity contribution is 6.74. The third-order valence-corrected chi connectivity index (χ3v) is 9.72. The van der Waals surface area contributed by atoms with Crippen molar-refractivity contribution in [2.45, 2.75) is 90.0 Å². The molecule has 0 aromatic carbocycles. The highest BCUT2D eigenvalue weighted by atomic mass is 28.4. The first kappa shape index (κ1) is 28.2. The Balaban J connectivity index is 4.55. The lowest BCUT2D eigenvalue weighted by molar-refractivity contribution is -0.161. The fourth-order valence-corrected chi connectivity index (χ4v) is 3.70. The summed E-state index contributed by atoms with van der Waals surface area (Å²) in [5, 5.41) is 10.1. The number of rotatable bonds is 15. The second-order valence-electron chi connectivity index (χ2n) is 8.78. The maximum Gasteiger partial charge on any atom is 0.306 e. The first-order valence-electron chi connectivity index (χ1n) is 10.2. The van der Waals surface area contributed by atoms with E-state index >= 15 is 0 Å². The normalized spacial score (nSPS) is 16.7. The van der Waals surface area contributed by atoms with Crippen molar-refractivity contribution < 1.29 is 33.3 Å². The number of methoxy groups -OCH3 is 1. The molecule has 0 spiro atoms. The summed E-state index contributed by atoms with van der Waals surface area (Å²) in [6.45, 7) is 18.8. The SMILES string of the molecule is C=C[C@@H](OCOCCOC)[C@H](C)OC(=O)CC[C@@H](O[Si](C)(C)C(C)(C)C)[C@H](C)O. The monoisotopic (exact) mass is 434 g/mol. The molecule has 0 saturated carbocycles. The van der Waals surface area contributed by atoms with E-state index < -0.39 is 32.7 Å². The fraction of sp³-hybridized carbons (Fsp3) is 0.857. The van der Waals surface area contributed by atoms with Crippen LogP contribution < -0.4 is 0 Å². The molecule has 0 bridgehead atoms. The molecule has 0 aromatic rings. The number of esters is 1. The van der Waals surface area contributed by atoms with Crippen LogP contribution in [0.15, 0.2) is 12.7 Å². The van der Waals surface area contributed by atoms with Gasteiger partial charge in [-0.15, -0.1) is 6.58 Å². The van der Waals surface area contributed by atoms with Gasteiger partial charge in [-0.05, 0) is 38.4 Å². The lowest BCUT2D eigenvalue weighted by Crippen LogP contribution is -2.46. The van der Waals surface area contributed by atoms with E-state index in [0.717, 1.165) is 0 Å². The second kappa shape index (κ2) is 13.5. The van der Waals surface area contributed by atoms with Gasteiger partial charge in [0.15, 0.2) is 8.32 Å². The quantitative estimate of drug-likeness (QED) is 0.138. The average Bonchev–Trinajstić information content (AvgIpc) is 2.60. The minimum absolute atomic E-state index is 0.0228. The standard InChI is InChI=1S/C21H42O7Si/c1-10-18(26-15-25-14-13-24-7)17(3)27-20(23)12-11-19(16(2)22)28-29(8,9)21(4,5)6/h10,16-19,22H,1,11-15H2,2-9H3/t16-,17-,18+,19+/m0/s1. The van der Waals surface area contributed by atoms with Crippen molar-refractivity contribution in [1.82, 2.24) is 0 Å². The smallest absolute Gasteiger partial charge is 0.306 e. The van der Waals surface area contributed by atoms with Gasteiger partial charge in [-0.1, -0.05) is 26.8 Å². The number of carbonyl (C=O) groups is 1. The summed E-state index contributed by atoms with van der Waals surface area (Å²) in [5.74, 6) is -0.363. The Kier molecular flexibility index (Phi) is 13.2. The average molecular weight is 435 g/mol. The van der Waals surface area contributed by atoms with Gasteiger partial charge in [-0.2, -0.15) is 0 Å². The van der Waals surface area contributed by atoms with Gasteiger partial charge in [0, 0.05) is 13.5 Å². The van der Waals surface area contributed by atoms with Crippen LogP contribution in [0.4, 0.5) is 0 Å². The predicted molar refractivity (Wildman–Crippen MR) is 116 cm³/mol. The molecule has 1 N–H and O–H groups in total. The molecule has 0 amide bonds. The van der Waals surface area contributed by atoms with Crippen molar-refractivity contribution >= 4 is 14.3 Å². The Labute approximate surface area is 177 Å². The molecular formula is C21H42O7Si. The molecule has 8 heteroatoms. The molecule has 0 heterocycles. The third-order valence-electron chi connectivity index (χ3n) is 5.21. The number of hydrogen-bond acceptors (Lipinski definition) is 7. The molecule has 0 fully saturated rings. The van der Waals surface area contributed by atoms with Crippen LogP contribution in [0, 0.1) is 0 Å². The summed E-state index contributed by atoms with van der Waals surface area (Å²) < 4.78 is 27.4. The first-order chi connectivity index (χ1) is 13.4. The van der Waals surface area contributed by atoms with E-state index in [4.69, 9.17) is 23.4 Å². The van der Waals surface area contributed by atoms with E-state index in [1.54, 1.807) is 27.0 Å². The van der Waals surface area contributed by atoms with E-state index in [9.17, 15) is 9.90 Å². The maximum absolute atomic E-state index is 12.3. The minimum Gasteiger partial charge on any atom is -0.460 e. The highest BCUT2D eigenvalue weighted by Crippen LogP contribution is 2.38. The summed E-state index contributed by atoms with van der Waals surface area (Å²) in [7, 11) is -0.456. The fourth-order valence-electron chi connectivity index (χ4n) is 2.27. The summed E-state index contributed by atoms with van der Waals surface area (Å²) in [6.07, 6.45) is 0.0896. The van der Waals surface area contributed by atoms with Gasteiger partial charge in [-0.25, -0.2) is 0 Å². The molecule has 0 aliphatic heterocycles. The molecule has 0 aliphatic rings. The van der Waals surface area contributed by atoms with Crippen LogP contribution in [0.1, 0.15) is 47.5 Å². The third kappa shape index (κ3) is 11.3. The van der Waals surface area contributed by atoms with Crippen molar-refractivity contribution in [3.8, 4) is 0 Å². The molecule has 0 radical (unpaired) electrons. The van der Waals surface area contributed by atoms with Crippen LogP contribution in [-0.2, 0) is 28.2 Å². The molecular weight excluding hydrogens is 392 g/mol. The van der Waals surface area contributed by atoms with Crippen molar-refractivity contribution in [2.75, 3.05) is 27.1 Å². The first-order valence-corrected chi connectivity index (χ1v) is 13.1. The van der Waals surface area contributed by atoms with Gasteiger partial charge in [0.1, 0.15) is 19.0 Å². The van der Waals surface area contributed by atoms with Crippen LogP contribution in [0.5, 0.6) is 0 Å². The summed E-state index contributed by atoms with van der Waals surface area (Å²) in [6, 6.07) is 0. The lowest BCUT2D eigenvalue weighted by Gasteiger charge is -2.40. The molecule has 7 nitrogen and oxygen atoms in total. The Morgan fingerprint density at radius 1 is 1.21 bits per heavy atom. The van der Waals surface area contributed by atoms with E-state index in [1.165, 1.54) is 0 Å². The number of ether oxygens (including phenoxy) is 4. The van der Waals surface area contributed by atoms with Gasteiger partial charge in [0.2, 0.25) is 0 Å². The van der Waals surface area contributed by atoms with Crippen LogP contribution in [0.2, 0.25) is 18.1 Å². The van der Waals surface area contributed by atoms with E-state index in [1.807, 2.05) is 0 Å². The number of aliphatic hydroxyl groups excluding tert-OH is 1. The maximum atomic E-state index is 12.3. The number of hydrogen-bond donors (Lipinski definition) is 1. The van der Waals surface area contributed by atoms with Crippen molar-refractivity contribution in [3.05, 3.63) is 12.7 Å². The minimum atomic E-state index is -2.05. The Bertz CT molecular complexity index is 474. The lowest BCUT2D eigenvalue weighted by atomic mass is 10.1. The van der Waals surface area contributed by atoms with Gasteiger partial charge in [-0.3, -0.25) is 4.79 Å². The summed E-state index contributed by atoms with van der Waals surface area (Å²) in [4.78, 5) is 12.3. The van der Waals surface area contributed by atoms with Gasteiger partial charge in [0.05, 0.1) is 25.4 Å². The molecule has 0 aromatic heterocycles. The van der Waals surface area contributed by atoms with Crippen molar-refractivity contribution in [1.29, 1.82) is 0 Å². The van der Waals surface area contributed by atoms with Crippen molar-refractivity contribution in [3.63, 3.8) is 0 Å². The van der Waals surface area contributed by atoms with Crippen LogP contribution >= 0.6 is 0 Å². The van der Waals surface area contributed by atoms with Crippen LogP contribution in [-0.4, -0.2) is 70.9 Å². The molecule has 0 aliphatic carbocycles. The van der Waals surface area contributed by atoms with Gasteiger partial charge in [0.25, 0.3) is 0 Å². The summed E-state index contributed by atoms with van der Waals surface area (Å²) >= 11 is 0. The zero-order chi connectivity index (χ0) is 22.7. The number of aliphatic hydroxyl groups is 1. The topological polar surface area (TPSA) is 83.5 Å². The zero-order valence-electron chi connectivity index (χ0n) is 19.5. The van der Waals surface area contributed by atoms with Gasteiger partial charge >= 0.3 is 5.97 Å². The molecule has 0 rings (SSSR count). The van der Waals surface area contributed by atoms with Crippen LogP contribution in [0.25, 0.3) is 0 Å². The highest BCUT2D eigenvalue weighted by Gasteiger charge is 2.40. The second-order valence-corrected chi connectivity index (χ2v) is 13.5. The molecule has 29 heavy (non-hydrogen) atoms. The number of carbonyl (C=O) groups excluding carboxylic acids is 1. The Morgan fingerprint density at radius 2 is 1.83 bits per heavy atom. The predicted octanol–water partition coefficient (Wildman–Crippen LogP) is 3.66. The Hall–Kier alpha value is -0.773. The zero-order valence-corrected chi connectivity index (χ0v) is 20.5. The molecule has 0 unspecified atom stereocenters. The molecule has 172 valence electrons. The molecule has 0 saturated heterocycles. The van der Waals surface area contributed by atoms with Crippen LogP contribution in [0.3, 0.4) is 0 Å². The van der Waals surface area contributed by atoms with E-state index in [-0.39, 0.29) is 24.2 Å². The summed E-state index contributed by atoms with van der Waals surface area (Å²) in [5.41, 5.74) is 0. The van der Waals surface area contributed by atoms with Gasteiger partial charge < -0.3 is 28.5 Å². The van der Waals surface area contributed by atoms with E-state index in [2.05, 4.69) is 40.4 Å². The Morgan fingerprint density at radius 3 is 2.31 bits per heavy atom. The van der Waals surface area contributed by atoms with E-state index in [0.29, 0.717) is 19.6 Å². The molecule has 4 atom stereocenters.